The number of thioether (sulfide) groups is 1. The first-order valence-electron chi connectivity index (χ1n) is 7.65. The monoisotopic (exact) mass is 342 g/mol. The molecule has 1 aliphatic heterocycles. The summed E-state index contributed by atoms with van der Waals surface area (Å²) < 4.78 is 5.30. The molecule has 24 heavy (non-hydrogen) atoms. The van der Waals surface area contributed by atoms with Crippen LogP contribution in [-0.4, -0.2) is 23.7 Å². The molecular formula is C18H18N2O3S. The number of hydrogen-bond acceptors (Lipinski definition) is 4. The Morgan fingerprint density at radius 2 is 2.08 bits per heavy atom. The van der Waals surface area contributed by atoms with Gasteiger partial charge in [-0.05, 0) is 30.7 Å². The van der Waals surface area contributed by atoms with Crippen molar-refractivity contribution in [3.05, 3.63) is 54.1 Å². The van der Waals surface area contributed by atoms with Gasteiger partial charge in [-0.25, -0.2) is 0 Å². The van der Waals surface area contributed by atoms with E-state index in [1.807, 2.05) is 37.3 Å². The molecule has 2 aromatic carbocycles. The summed E-state index contributed by atoms with van der Waals surface area (Å²) in [5.41, 5.74) is 2.40. The highest BCUT2D eigenvalue weighted by Gasteiger charge is 2.18. The van der Waals surface area contributed by atoms with Gasteiger partial charge in [0.25, 0.3) is 5.91 Å². The number of amides is 2. The SMILES string of the molecule is C[C@@H](SCc1ccccc1)C(=O)Nc1ccc2c(c1)NC(=O)CO2. The van der Waals surface area contributed by atoms with Crippen molar-refractivity contribution < 1.29 is 14.3 Å². The van der Waals surface area contributed by atoms with Crippen LogP contribution in [0.4, 0.5) is 11.4 Å². The lowest BCUT2D eigenvalue weighted by Crippen LogP contribution is -2.26. The van der Waals surface area contributed by atoms with Crippen molar-refractivity contribution >= 4 is 35.0 Å². The molecule has 6 heteroatoms. The lowest BCUT2D eigenvalue weighted by Gasteiger charge is -2.19. The first kappa shape index (κ1) is 16.4. The summed E-state index contributed by atoms with van der Waals surface area (Å²) in [6, 6.07) is 15.3. The van der Waals surface area contributed by atoms with E-state index in [4.69, 9.17) is 4.74 Å². The predicted octanol–water partition coefficient (Wildman–Crippen LogP) is 3.28. The number of ether oxygens (including phenoxy) is 1. The van der Waals surface area contributed by atoms with Crippen LogP contribution in [0.25, 0.3) is 0 Å². The van der Waals surface area contributed by atoms with E-state index in [1.165, 1.54) is 5.56 Å². The first-order valence-corrected chi connectivity index (χ1v) is 8.70. The molecule has 0 spiro atoms. The summed E-state index contributed by atoms with van der Waals surface area (Å²) in [5, 5.41) is 5.42. The lowest BCUT2D eigenvalue weighted by atomic mass is 10.2. The zero-order valence-corrected chi connectivity index (χ0v) is 14.1. The number of nitrogens with one attached hydrogen (secondary N) is 2. The second-order valence-corrected chi connectivity index (χ2v) is 6.80. The molecule has 0 aliphatic carbocycles. The molecule has 0 fully saturated rings. The molecule has 1 aliphatic rings. The number of fused-ring (bicyclic) bond motifs is 1. The number of anilines is 2. The van der Waals surface area contributed by atoms with Crippen molar-refractivity contribution in [1.29, 1.82) is 0 Å². The normalized spacial score (nSPS) is 14.1. The van der Waals surface area contributed by atoms with Crippen LogP contribution in [0.3, 0.4) is 0 Å². The molecule has 5 nitrogen and oxygen atoms in total. The molecular weight excluding hydrogens is 324 g/mol. The van der Waals surface area contributed by atoms with Gasteiger partial charge in [0, 0.05) is 11.4 Å². The van der Waals surface area contributed by atoms with Crippen LogP contribution in [-0.2, 0) is 15.3 Å². The maximum Gasteiger partial charge on any atom is 0.262 e. The smallest absolute Gasteiger partial charge is 0.262 e. The van der Waals surface area contributed by atoms with Crippen LogP contribution in [0.5, 0.6) is 5.75 Å². The number of rotatable bonds is 5. The Balaban J connectivity index is 1.58. The summed E-state index contributed by atoms with van der Waals surface area (Å²) in [5.74, 6) is 1.12. The largest absolute Gasteiger partial charge is 0.482 e. The molecule has 2 aromatic rings. The molecule has 0 bridgehead atoms. The molecule has 1 heterocycles. The highest BCUT2D eigenvalue weighted by Crippen LogP contribution is 2.30. The Morgan fingerprint density at radius 3 is 2.88 bits per heavy atom. The van der Waals surface area contributed by atoms with Crippen molar-refractivity contribution in [2.24, 2.45) is 0 Å². The average Bonchev–Trinajstić information content (AvgIpc) is 2.60. The summed E-state index contributed by atoms with van der Waals surface area (Å²) in [4.78, 5) is 23.7. The molecule has 0 saturated carbocycles. The van der Waals surface area contributed by atoms with Gasteiger partial charge < -0.3 is 15.4 Å². The van der Waals surface area contributed by atoms with Crippen molar-refractivity contribution in [3.8, 4) is 5.75 Å². The van der Waals surface area contributed by atoms with Gasteiger partial charge in [0.1, 0.15) is 5.75 Å². The van der Waals surface area contributed by atoms with Crippen LogP contribution >= 0.6 is 11.8 Å². The fourth-order valence-corrected chi connectivity index (χ4v) is 3.12. The van der Waals surface area contributed by atoms with Gasteiger partial charge in [0.05, 0.1) is 10.9 Å². The number of benzene rings is 2. The van der Waals surface area contributed by atoms with Crippen LogP contribution in [0.2, 0.25) is 0 Å². The number of carbonyl (C=O) groups is 2. The van der Waals surface area contributed by atoms with Crippen molar-refractivity contribution in [1.82, 2.24) is 0 Å². The minimum atomic E-state index is -0.197. The first-order chi connectivity index (χ1) is 11.6. The fraction of sp³-hybridized carbons (Fsp3) is 0.222. The van der Waals surface area contributed by atoms with Crippen molar-refractivity contribution in [2.45, 2.75) is 17.9 Å². The molecule has 0 unspecified atom stereocenters. The highest BCUT2D eigenvalue weighted by atomic mass is 32.2. The molecule has 124 valence electrons. The topological polar surface area (TPSA) is 67.4 Å². The molecule has 0 radical (unpaired) electrons. The van der Waals surface area contributed by atoms with E-state index in [9.17, 15) is 9.59 Å². The van der Waals surface area contributed by atoms with Gasteiger partial charge >= 0.3 is 0 Å². The van der Waals surface area contributed by atoms with Crippen LogP contribution < -0.4 is 15.4 Å². The lowest BCUT2D eigenvalue weighted by molar-refractivity contribution is -0.118. The van der Waals surface area contributed by atoms with Crippen LogP contribution in [0, 0.1) is 0 Å². The Morgan fingerprint density at radius 1 is 1.29 bits per heavy atom. The van der Waals surface area contributed by atoms with Gasteiger partial charge in [0.2, 0.25) is 5.91 Å². The molecule has 0 aromatic heterocycles. The third-order valence-electron chi connectivity index (χ3n) is 3.59. The van der Waals surface area contributed by atoms with Gasteiger partial charge in [-0.15, -0.1) is 11.8 Å². The quantitative estimate of drug-likeness (QED) is 0.875. The van der Waals surface area contributed by atoms with Gasteiger partial charge in [-0.2, -0.15) is 0 Å². The van der Waals surface area contributed by atoms with Crippen LogP contribution in [0.15, 0.2) is 48.5 Å². The Bertz CT molecular complexity index is 749. The maximum atomic E-state index is 12.3. The van der Waals surface area contributed by atoms with E-state index >= 15 is 0 Å². The Labute approximate surface area is 144 Å². The summed E-state index contributed by atoms with van der Waals surface area (Å²) >= 11 is 1.58. The molecule has 0 saturated heterocycles. The summed E-state index contributed by atoms with van der Waals surface area (Å²) in [6.45, 7) is 1.90. The predicted molar refractivity (Wildman–Crippen MR) is 96.4 cm³/mol. The third-order valence-corrected chi connectivity index (χ3v) is 4.81. The van der Waals surface area contributed by atoms with Gasteiger partial charge in [-0.1, -0.05) is 30.3 Å². The van der Waals surface area contributed by atoms with E-state index in [1.54, 1.807) is 30.0 Å². The zero-order chi connectivity index (χ0) is 16.9. The summed E-state index contributed by atoms with van der Waals surface area (Å²) in [6.07, 6.45) is 0. The van der Waals surface area contributed by atoms with E-state index in [2.05, 4.69) is 10.6 Å². The molecule has 1 atom stereocenters. The zero-order valence-electron chi connectivity index (χ0n) is 13.2. The van der Waals surface area contributed by atoms with Crippen molar-refractivity contribution in [3.63, 3.8) is 0 Å². The maximum absolute atomic E-state index is 12.3. The second kappa shape index (κ2) is 7.40. The van der Waals surface area contributed by atoms with Gasteiger partial charge in [0.15, 0.2) is 6.61 Å². The Kier molecular flexibility index (Phi) is 5.05. The average molecular weight is 342 g/mol. The molecule has 2 N–H and O–H groups in total. The van der Waals surface area contributed by atoms with E-state index in [0.29, 0.717) is 17.1 Å². The number of hydrogen-bond donors (Lipinski definition) is 2. The number of carbonyl (C=O) groups excluding carboxylic acids is 2. The fourth-order valence-electron chi connectivity index (χ4n) is 2.28. The molecule has 2 amide bonds. The standard InChI is InChI=1S/C18H18N2O3S/c1-12(24-11-13-5-3-2-4-6-13)18(22)19-14-7-8-16-15(9-14)20-17(21)10-23-16/h2-9,12H,10-11H2,1H3,(H,19,22)(H,20,21)/t12-/m1/s1. The minimum absolute atomic E-state index is 0.0197. The highest BCUT2D eigenvalue weighted by molar-refractivity contribution is 7.99. The Hall–Kier alpha value is -2.47. The third kappa shape index (κ3) is 4.08. The van der Waals surface area contributed by atoms with Crippen LogP contribution in [0.1, 0.15) is 12.5 Å². The van der Waals surface area contributed by atoms with E-state index < -0.39 is 0 Å². The van der Waals surface area contributed by atoms with Crippen molar-refractivity contribution in [2.75, 3.05) is 17.2 Å². The minimum Gasteiger partial charge on any atom is -0.482 e. The summed E-state index contributed by atoms with van der Waals surface area (Å²) in [7, 11) is 0. The van der Waals surface area contributed by atoms with E-state index in [-0.39, 0.29) is 23.7 Å². The molecule has 3 rings (SSSR count). The van der Waals surface area contributed by atoms with E-state index in [0.717, 1.165) is 5.75 Å². The van der Waals surface area contributed by atoms with Gasteiger partial charge in [-0.3, -0.25) is 9.59 Å². The second-order valence-electron chi connectivity index (χ2n) is 5.48.